The Morgan fingerprint density at radius 3 is 2.39 bits per heavy atom. The first kappa shape index (κ1) is 24.6. The quantitative estimate of drug-likeness (QED) is 0.430. The van der Waals surface area contributed by atoms with Gasteiger partial charge in [0.15, 0.2) is 11.6 Å². The molecule has 2 amide bonds. The van der Waals surface area contributed by atoms with Crippen molar-refractivity contribution < 1.29 is 22.8 Å². The molecule has 1 aliphatic rings. The molecule has 0 unspecified atom stereocenters. The second-order valence-electron chi connectivity index (χ2n) is 7.74. The molecule has 0 aromatic heterocycles. The molecule has 2 aromatic carbocycles. The van der Waals surface area contributed by atoms with E-state index < -0.39 is 23.4 Å². The van der Waals surface area contributed by atoms with Crippen molar-refractivity contribution >= 4 is 35.1 Å². The summed E-state index contributed by atoms with van der Waals surface area (Å²) in [6.07, 6.45) is 2.49. The number of carbonyl (C=O) groups is 2. The summed E-state index contributed by atoms with van der Waals surface area (Å²) >= 11 is 5.91. The zero-order valence-corrected chi connectivity index (χ0v) is 18.7. The van der Waals surface area contributed by atoms with Crippen molar-refractivity contribution in [1.29, 1.82) is 0 Å². The second kappa shape index (κ2) is 11.2. The predicted octanol–water partition coefficient (Wildman–Crippen LogP) is 4.65. The lowest BCUT2D eigenvalue weighted by Gasteiger charge is -2.26. The Morgan fingerprint density at radius 1 is 1.03 bits per heavy atom. The Kier molecular flexibility index (Phi) is 8.32. The van der Waals surface area contributed by atoms with Crippen LogP contribution in [0.2, 0.25) is 5.02 Å². The zero-order valence-electron chi connectivity index (χ0n) is 17.9. The summed E-state index contributed by atoms with van der Waals surface area (Å²) in [5.74, 6) is -3.61. The van der Waals surface area contributed by atoms with Gasteiger partial charge in [0.05, 0.1) is 6.04 Å². The van der Waals surface area contributed by atoms with Crippen LogP contribution in [0.5, 0.6) is 0 Å². The minimum absolute atomic E-state index is 0.00728. The predicted molar refractivity (Wildman–Crippen MR) is 121 cm³/mol. The van der Waals surface area contributed by atoms with Gasteiger partial charge in [0.25, 0.3) is 5.91 Å². The lowest BCUT2D eigenvalue weighted by molar-refractivity contribution is -0.125. The number of rotatable bonds is 5. The highest BCUT2D eigenvalue weighted by atomic mass is 35.5. The number of benzene rings is 2. The maximum atomic E-state index is 13.8. The van der Waals surface area contributed by atoms with Gasteiger partial charge >= 0.3 is 0 Å². The largest absolute Gasteiger partial charge is 0.356 e. The van der Waals surface area contributed by atoms with Gasteiger partial charge in [-0.15, -0.1) is 0 Å². The third kappa shape index (κ3) is 6.95. The molecule has 6 nitrogen and oxygen atoms in total. The van der Waals surface area contributed by atoms with E-state index in [1.807, 2.05) is 6.92 Å². The van der Waals surface area contributed by atoms with Crippen LogP contribution >= 0.6 is 11.6 Å². The highest BCUT2D eigenvalue weighted by Gasteiger charge is 2.26. The van der Waals surface area contributed by atoms with E-state index in [-0.39, 0.29) is 40.1 Å². The molecule has 0 heterocycles. The second-order valence-corrected chi connectivity index (χ2v) is 8.18. The van der Waals surface area contributed by atoms with Gasteiger partial charge in [0.1, 0.15) is 5.82 Å². The van der Waals surface area contributed by atoms with Crippen molar-refractivity contribution in [3.8, 4) is 0 Å². The van der Waals surface area contributed by atoms with Gasteiger partial charge in [-0.3, -0.25) is 14.9 Å². The molecule has 0 bridgehead atoms. The number of hydrogen-bond acceptors (Lipinski definition) is 3. The summed E-state index contributed by atoms with van der Waals surface area (Å²) in [6, 6.07) is 6.33. The molecule has 0 spiro atoms. The summed E-state index contributed by atoms with van der Waals surface area (Å²) in [5, 5.41) is 8.33. The van der Waals surface area contributed by atoms with Crippen molar-refractivity contribution in [3.05, 3.63) is 64.4 Å². The van der Waals surface area contributed by atoms with Crippen LogP contribution in [-0.2, 0) is 4.79 Å². The minimum atomic E-state index is -1.16. The minimum Gasteiger partial charge on any atom is -0.356 e. The van der Waals surface area contributed by atoms with Crippen LogP contribution < -0.4 is 16.0 Å². The molecule has 1 aliphatic carbocycles. The molecule has 3 N–H and O–H groups in total. The average molecular weight is 481 g/mol. The Morgan fingerprint density at radius 2 is 1.76 bits per heavy atom. The van der Waals surface area contributed by atoms with Crippen molar-refractivity contribution in [2.75, 3.05) is 11.9 Å². The molecule has 1 saturated carbocycles. The summed E-state index contributed by atoms with van der Waals surface area (Å²) in [5.41, 5.74) is 0.140. The third-order valence-electron chi connectivity index (χ3n) is 5.27. The molecule has 3 rings (SSSR count). The number of amides is 2. The van der Waals surface area contributed by atoms with Crippen molar-refractivity contribution in [3.63, 3.8) is 0 Å². The van der Waals surface area contributed by atoms with E-state index in [1.54, 1.807) is 0 Å². The Labute approximate surface area is 194 Å². The third-order valence-corrected chi connectivity index (χ3v) is 5.49. The summed E-state index contributed by atoms with van der Waals surface area (Å²) in [4.78, 5) is 29.2. The summed E-state index contributed by atoms with van der Waals surface area (Å²) in [6.45, 7) is 2.43. The number of halogens is 4. The monoisotopic (exact) mass is 480 g/mol. The van der Waals surface area contributed by atoms with Gasteiger partial charge in [0, 0.05) is 28.7 Å². The smallest absolute Gasteiger partial charge is 0.258 e. The van der Waals surface area contributed by atoms with Gasteiger partial charge < -0.3 is 10.6 Å². The Hall–Kier alpha value is -3.07. The molecule has 2 aromatic rings. The Bertz CT molecular complexity index is 1040. The van der Waals surface area contributed by atoms with Crippen molar-refractivity contribution in [2.45, 2.75) is 38.6 Å². The maximum absolute atomic E-state index is 13.8. The van der Waals surface area contributed by atoms with Crippen molar-refractivity contribution in [2.24, 2.45) is 10.9 Å². The van der Waals surface area contributed by atoms with Crippen LogP contribution in [0.25, 0.3) is 0 Å². The molecule has 1 fully saturated rings. The number of nitrogens with one attached hydrogen (secondary N) is 3. The lowest BCUT2D eigenvalue weighted by Crippen LogP contribution is -2.38. The highest BCUT2D eigenvalue weighted by molar-refractivity contribution is 6.31. The highest BCUT2D eigenvalue weighted by Crippen LogP contribution is 2.27. The van der Waals surface area contributed by atoms with Gasteiger partial charge in [-0.2, -0.15) is 0 Å². The molecule has 176 valence electrons. The summed E-state index contributed by atoms with van der Waals surface area (Å²) < 4.78 is 40.5. The fraction of sp³-hybridized carbons (Fsp3) is 0.348. The first-order valence-corrected chi connectivity index (χ1v) is 11.0. The van der Waals surface area contributed by atoms with E-state index in [1.165, 1.54) is 12.1 Å². The van der Waals surface area contributed by atoms with Crippen LogP contribution in [0.4, 0.5) is 18.9 Å². The number of anilines is 1. The summed E-state index contributed by atoms with van der Waals surface area (Å²) in [7, 11) is 0. The number of carbonyl (C=O) groups excluding carboxylic acids is 2. The average Bonchev–Trinajstić information content (AvgIpc) is 2.75. The fourth-order valence-corrected chi connectivity index (χ4v) is 3.87. The first-order valence-electron chi connectivity index (χ1n) is 10.6. The molecule has 10 heteroatoms. The van der Waals surface area contributed by atoms with Gasteiger partial charge in [-0.25, -0.2) is 18.2 Å². The van der Waals surface area contributed by atoms with E-state index in [2.05, 4.69) is 20.9 Å². The van der Waals surface area contributed by atoms with E-state index in [9.17, 15) is 22.8 Å². The van der Waals surface area contributed by atoms with E-state index >= 15 is 0 Å². The maximum Gasteiger partial charge on any atom is 0.258 e. The fourth-order valence-electron chi connectivity index (χ4n) is 3.64. The number of hydrogen-bond donors (Lipinski definition) is 3. The number of guanidine groups is 1. The molecular formula is C23H24ClF3N4O2. The molecule has 0 radical (unpaired) electrons. The standard InChI is InChI=1S/C23H24ClF3N4O2/c1-2-28-21(32)13-3-6-17(7-4-13)29-23(30-18-11-15(24)10-16(25)12-18)31-22(33)14-5-8-19(26)20(27)9-14/h5,8-13,17H,2-4,6-7H2,1H3,(H,28,32)(H2,29,30,31,33). The van der Waals surface area contributed by atoms with Gasteiger partial charge in [0.2, 0.25) is 11.9 Å². The van der Waals surface area contributed by atoms with E-state index in [0.717, 1.165) is 24.3 Å². The zero-order chi connectivity index (χ0) is 24.0. The normalized spacial score (nSPS) is 18.5. The van der Waals surface area contributed by atoms with Crippen molar-refractivity contribution in [1.82, 2.24) is 10.6 Å². The topological polar surface area (TPSA) is 82.6 Å². The lowest BCUT2D eigenvalue weighted by atomic mass is 9.86. The van der Waals surface area contributed by atoms with E-state index in [0.29, 0.717) is 32.2 Å². The van der Waals surface area contributed by atoms with Gasteiger partial charge in [-0.05, 0) is 69.0 Å². The van der Waals surface area contributed by atoms with Crippen LogP contribution in [0.3, 0.4) is 0 Å². The van der Waals surface area contributed by atoms with E-state index in [4.69, 9.17) is 11.6 Å². The molecule has 33 heavy (non-hydrogen) atoms. The molecular weight excluding hydrogens is 457 g/mol. The molecule has 0 saturated heterocycles. The van der Waals surface area contributed by atoms with Crippen LogP contribution in [0, 0.1) is 23.4 Å². The van der Waals surface area contributed by atoms with Crippen LogP contribution in [0.15, 0.2) is 41.4 Å². The van der Waals surface area contributed by atoms with Crippen LogP contribution in [0.1, 0.15) is 43.0 Å². The first-order chi connectivity index (χ1) is 15.7. The van der Waals surface area contributed by atoms with Crippen LogP contribution in [-0.4, -0.2) is 30.4 Å². The SMILES string of the molecule is CCNC(=O)C1CCC(N=C(NC(=O)c2ccc(F)c(F)c2)Nc2cc(F)cc(Cl)c2)CC1. The van der Waals surface area contributed by atoms with Gasteiger partial charge in [-0.1, -0.05) is 11.6 Å². The molecule has 0 atom stereocenters. The molecule has 0 aliphatic heterocycles. The number of aliphatic imine (C=N–C) groups is 1. The Balaban J connectivity index is 1.78. The number of nitrogens with zero attached hydrogens (tertiary/aromatic N) is 1.